The van der Waals surface area contributed by atoms with Crippen LogP contribution in [0, 0.1) is 0 Å². The lowest BCUT2D eigenvalue weighted by molar-refractivity contribution is 0.0697. The van der Waals surface area contributed by atoms with E-state index in [0.717, 1.165) is 45.1 Å². The standard InChI is InChI=1S/C27H20N2O3S/c1-32-21-13-9-17(10-14-21)22-15-23(18-5-3-2-4-6-18)28-24-16-29(26(33)25(22)24)20-11-7-19(8-12-20)27(30)31/h2-15H,16H2,1H3,(H,30,31). The van der Waals surface area contributed by atoms with Crippen molar-refractivity contribution in [2.45, 2.75) is 6.54 Å². The van der Waals surface area contributed by atoms with Crippen molar-refractivity contribution in [2.75, 3.05) is 12.0 Å². The molecule has 0 amide bonds. The van der Waals surface area contributed by atoms with Gasteiger partial charge >= 0.3 is 5.97 Å². The first-order chi connectivity index (χ1) is 16.0. The maximum atomic E-state index is 11.2. The quantitative estimate of drug-likeness (QED) is 0.385. The molecule has 2 heterocycles. The fourth-order valence-corrected chi connectivity index (χ4v) is 4.45. The van der Waals surface area contributed by atoms with Crippen LogP contribution in [-0.2, 0) is 6.54 Å². The van der Waals surface area contributed by atoms with Crippen LogP contribution in [0.5, 0.6) is 5.75 Å². The average molecular weight is 453 g/mol. The number of methoxy groups -OCH3 is 1. The van der Waals surface area contributed by atoms with Crippen molar-refractivity contribution in [1.82, 2.24) is 4.98 Å². The number of carboxylic acids is 1. The van der Waals surface area contributed by atoms with Crippen LogP contribution in [0.25, 0.3) is 22.4 Å². The maximum Gasteiger partial charge on any atom is 0.335 e. The second kappa shape index (κ2) is 8.48. The third kappa shape index (κ3) is 3.85. The SMILES string of the molecule is COc1ccc(-c2cc(-c3ccccc3)nc3c2C(=S)N(c2ccc(C(=O)O)cc2)C3)cc1. The summed E-state index contributed by atoms with van der Waals surface area (Å²) in [6.07, 6.45) is 0. The van der Waals surface area contributed by atoms with E-state index in [4.69, 9.17) is 21.9 Å². The van der Waals surface area contributed by atoms with Gasteiger partial charge in [0, 0.05) is 16.8 Å². The zero-order valence-corrected chi connectivity index (χ0v) is 18.7. The minimum Gasteiger partial charge on any atom is -0.497 e. The maximum absolute atomic E-state index is 11.2. The van der Waals surface area contributed by atoms with E-state index in [-0.39, 0.29) is 5.56 Å². The minimum atomic E-state index is -0.954. The highest BCUT2D eigenvalue weighted by molar-refractivity contribution is 7.81. The second-order valence-electron chi connectivity index (χ2n) is 7.71. The van der Waals surface area contributed by atoms with Crippen LogP contribution in [0.4, 0.5) is 5.69 Å². The number of pyridine rings is 1. The summed E-state index contributed by atoms with van der Waals surface area (Å²) in [5, 5.41) is 9.22. The topological polar surface area (TPSA) is 62.7 Å². The van der Waals surface area contributed by atoms with Crippen LogP contribution < -0.4 is 9.64 Å². The Kier molecular flexibility index (Phi) is 5.36. The summed E-state index contributed by atoms with van der Waals surface area (Å²) >= 11 is 5.90. The summed E-state index contributed by atoms with van der Waals surface area (Å²) in [6, 6.07) is 26.8. The Bertz CT molecular complexity index is 1350. The van der Waals surface area contributed by atoms with Crippen LogP contribution >= 0.6 is 12.2 Å². The van der Waals surface area contributed by atoms with Gasteiger partial charge in [-0.25, -0.2) is 4.79 Å². The van der Waals surface area contributed by atoms with Gasteiger partial charge in [-0.2, -0.15) is 0 Å². The average Bonchev–Trinajstić information content (AvgIpc) is 3.20. The Balaban J connectivity index is 1.63. The molecular weight excluding hydrogens is 432 g/mol. The molecule has 0 saturated carbocycles. The number of rotatable bonds is 5. The molecular formula is C27H20N2O3S. The molecule has 0 radical (unpaired) electrons. The van der Waals surface area contributed by atoms with E-state index in [0.29, 0.717) is 11.5 Å². The summed E-state index contributed by atoms with van der Waals surface area (Å²) in [7, 11) is 1.65. The molecule has 1 N–H and O–H groups in total. The number of ether oxygens (including phenoxy) is 1. The molecule has 0 saturated heterocycles. The van der Waals surface area contributed by atoms with Crippen LogP contribution in [0.15, 0.2) is 84.9 Å². The van der Waals surface area contributed by atoms with Crippen LogP contribution in [0.3, 0.4) is 0 Å². The third-order valence-corrected chi connectivity index (χ3v) is 6.18. The zero-order valence-electron chi connectivity index (χ0n) is 17.9. The highest BCUT2D eigenvalue weighted by atomic mass is 32.1. The van der Waals surface area contributed by atoms with E-state index < -0.39 is 5.97 Å². The van der Waals surface area contributed by atoms with Gasteiger partial charge in [0.1, 0.15) is 10.7 Å². The fraction of sp³-hybridized carbons (Fsp3) is 0.0741. The van der Waals surface area contributed by atoms with Crippen molar-refractivity contribution < 1.29 is 14.6 Å². The molecule has 0 fully saturated rings. The predicted molar refractivity (Wildman–Crippen MR) is 133 cm³/mol. The van der Waals surface area contributed by atoms with Gasteiger partial charge in [0.05, 0.1) is 30.6 Å². The van der Waals surface area contributed by atoms with E-state index in [2.05, 4.69) is 6.07 Å². The molecule has 6 heteroatoms. The number of carbonyl (C=O) groups is 1. The molecule has 0 atom stereocenters. The lowest BCUT2D eigenvalue weighted by Gasteiger charge is -2.18. The molecule has 1 aliphatic heterocycles. The summed E-state index contributed by atoms with van der Waals surface area (Å²) in [5.74, 6) is -0.166. The zero-order chi connectivity index (χ0) is 22.9. The largest absolute Gasteiger partial charge is 0.497 e. The highest BCUT2D eigenvalue weighted by Gasteiger charge is 2.30. The van der Waals surface area contributed by atoms with Crippen molar-refractivity contribution in [3.63, 3.8) is 0 Å². The number of hydrogen-bond donors (Lipinski definition) is 1. The summed E-state index contributed by atoms with van der Waals surface area (Å²) in [4.78, 5) is 18.9. The normalized spacial score (nSPS) is 12.5. The number of aromatic carboxylic acids is 1. The van der Waals surface area contributed by atoms with Gasteiger partial charge in [0.25, 0.3) is 0 Å². The lowest BCUT2D eigenvalue weighted by atomic mass is 9.97. The molecule has 1 aromatic heterocycles. The number of fused-ring (bicyclic) bond motifs is 1. The molecule has 5 rings (SSSR count). The number of hydrogen-bond acceptors (Lipinski definition) is 4. The summed E-state index contributed by atoms with van der Waals surface area (Å²) < 4.78 is 5.33. The van der Waals surface area contributed by atoms with Crippen molar-refractivity contribution in [1.29, 1.82) is 0 Å². The van der Waals surface area contributed by atoms with Gasteiger partial charge in [-0.05, 0) is 53.6 Å². The Hall–Kier alpha value is -4.03. The monoisotopic (exact) mass is 452 g/mol. The van der Waals surface area contributed by atoms with E-state index in [1.807, 2.05) is 59.5 Å². The molecule has 0 unspecified atom stereocenters. The van der Waals surface area contributed by atoms with E-state index in [1.165, 1.54) is 0 Å². The van der Waals surface area contributed by atoms with Crippen molar-refractivity contribution in [2.24, 2.45) is 0 Å². The Morgan fingerprint density at radius 3 is 2.30 bits per heavy atom. The van der Waals surface area contributed by atoms with Crippen molar-refractivity contribution >= 4 is 28.9 Å². The van der Waals surface area contributed by atoms with Crippen molar-refractivity contribution in [3.8, 4) is 28.1 Å². The first-order valence-corrected chi connectivity index (χ1v) is 10.8. The molecule has 1 aliphatic rings. The van der Waals surface area contributed by atoms with E-state index in [1.54, 1.807) is 31.4 Å². The fourth-order valence-electron chi connectivity index (χ4n) is 4.06. The number of benzene rings is 3. The second-order valence-corrected chi connectivity index (χ2v) is 8.10. The number of anilines is 1. The summed E-state index contributed by atoms with van der Waals surface area (Å²) in [5.41, 5.74) is 6.85. The van der Waals surface area contributed by atoms with Gasteiger partial charge in [0.2, 0.25) is 0 Å². The van der Waals surface area contributed by atoms with Gasteiger partial charge in [0.15, 0.2) is 0 Å². The Morgan fingerprint density at radius 1 is 0.970 bits per heavy atom. The molecule has 0 aliphatic carbocycles. The highest BCUT2D eigenvalue weighted by Crippen LogP contribution is 2.38. The third-order valence-electron chi connectivity index (χ3n) is 5.76. The predicted octanol–water partition coefficient (Wildman–Crippen LogP) is 5.82. The Labute approximate surface area is 196 Å². The molecule has 0 bridgehead atoms. The van der Waals surface area contributed by atoms with Crippen LogP contribution in [-0.4, -0.2) is 28.2 Å². The van der Waals surface area contributed by atoms with Gasteiger partial charge in [-0.3, -0.25) is 4.98 Å². The first kappa shape index (κ1) is 20.8. The van der Waals surface area contributed by atoms with Crippen LogP contribution in [0.1, 0.15) is 21.6 Å². The van der Waals surface area contributed by atoms with E-state index >= 15 is 0 Å². The summed E-state index contributed by atoms with van der Waals surface area (Å²) in [6.45, 7) is 0.518. The molecule has 5 nitrogen and oxygen atoms in total. The number of aromatic nitrogens is 1. The number of carboxylic acid groups (broad SMARTS) is 1. The van der Waals surface area contributed by atoms with Gasteiger partial charge in [-0.1, -0.05) is 54.7 Å². The number of thiocarbonyl (C=S) groups is 1. The molecule has 0 spiro atoms. The molecule has 4 aromatic rings. The van der Waals surface area contributed by atoms with Gasteiger partial charge < -0.3 is 14.7 Å². The van der Waals surface area contributed by atoms with E-state index in [9.17, 15) is 9.90 Å². The minimum absolute atomic E-state index is 0.241. The van der Waals surface area contributed by atoms with Gasteiger partial charge in [-0.15, -0.1) is 0 Å². The van der Waals surface area contributed by atoms with Crippen molar-refractivity contribution in [3.05, 3.63) is 102 Å². The number of nitrogens with zero attached hydrogens (tertiary/aromatic N) is 2. The molecule has 33 heavy (non-hydrogen) atoms. The first-order valence-electron chi connectivity index (χ1n) is 10.4. The smallest absolute Gasteiger partial charge is 0.335 e. The van der Waals surface area contributed by atoms with Crippen LogP contribution in [0.2, 0.25) is 0 Å². The molecule has 3 aromatic carbocycles. The lowest BCUT2D eigenvalue weighted by Crippen LogP contribution is -2.22. The molecule has 162 valence electrons. The Morgan fingerprint density at radius 2 is 1.67 bits per heavy atom.